The summed E-state index contributed by atoms with van der Waals surface area (Å²) in [6.07, 6.45) is 18.7. The summed E-state index contributed by atoms with van der Waals surface area (Å²) in [7, 11) is 0. The number of carbonyl (C=O) groups excluding carboxylic acids is 4. The van der Waals surface area contributed by atoms with Crippen molar-refractivity contribution in [2.75, 3.05) is 13.2 Å². The highest BCUT2D eigenvalue weighted by Crippen LogP contribution is 2.40. The number of carbonyl (C=O) groups is 4. The molecule has 0 aliphatic heterocycles. The zero-order chi connectivity index (χ0) is 26.7. The van der Waals surface area contributed by atoms with Crippen LogP contribution in [0.1, 0.15) is 128 Å². The standard InChI is InChI=1S/C32H50O6/c33-29-17-13-27(14-18-29)25-9-5-23(6-10-25)21-37-31(35)3-1-2-4-32(36)38-22-24-7-11-26(12-8-24)28-15-19-30(34)20-16-28/h23-28H,1-22H2. The number of hydrogen-bond acceptors (Lipinski definition) is 6. The SMILES string of the molecule is O=C1CCC(C2CCC(COC(=O)CCCCC(=O)OCC3CCC(C4CCC(=O)CC4)CC3)CC2)CC1. The van der Waals surface area contributed by atoms with Gasteiger partial charge in [-0.1, -0.05) is 0 Å². The minimum Gasteiger partial charge on any atom is -0.465 e. The molecular formula is C32H50O6. The Labute approximate surface area is 229 Å². The van der Waals surface area contributed by atoms with Gasteiger partial charge in [0.25, 0.3) is 0 Å². The quantitative estimate of drug-likeness (QED) is 0.217. The van der Waals surface area contributed by atoms with Crippen LogP contribution in [0.5, 0.6) is 0 Å². The van der Waals surface area contributed by atoms with Gasteiger partial charge in [-0.3, -0.25) is 19.2 Å². The molecule has 214 valence electrons. The fraction of sp³-hybridized carbons (Fsp3) is 0.875. The van der Waals surface area contributed by atoms with E-state index in [4.69, 9.17) is 9.47 Å². The maximum absolute atomic E-state index is 12.2. The monoisotopic (exact) mass is 530 g/mol. The van der Waals surface area contributed by atoms with Gasteiger partial charge in [0.15, 0.2) is 0 Å². The lowest BCUT2D eigenvalue weighted by molar-refractivity contribution is -0.147. The summed E-state index contributed by atoms with van der Waals surface area (Å²) in [4.78, 5) is 47.3. The van der Waals surface area contributed by atoms with E-state index >= 15 is 0 Å². The molecule has 6 nitrogen and oxygen atoms in total. The number of esters is 2. The zero-order valence-electron chi connectivity index (χ0n) is 23.5. The zero-order valence-corrected chi connectivity index (χ0v) is 23.5. The number of hydrogen-bond donors (Lipinski definition) is 0. The Morgan fingerprint density at radius 1 is 0.500 bits per heavy atom. The van der Waals surface area contributed by atoms with Gasteiger partial charge in [-0.2, -0.15) is 0 Å². The number of ketones is 2. The molecule has 0 heterocycles. The number of rotatable bonds is 11. The Morgan fingerprint density at radius 3 is 1.16 bits per heavy atom. The lowest BCUT2D eigenvalue weighted by Crippen LogP contribution is -2.27. The van der Waals surface area contributed by atoms with Gasteiger partial charge in [-0.05, 0) is 125 Å². The van der Waals surface area contributed by atoms with Crippen molar-refractivity contribution in [3.8, 4) is 0 Å². The lowest BCUT2D eigenvalue weighted by Gasteiger charge is -2.35. The smallest absolute Gasteiger partial charge is 0.305 e. The third kappa shape index (κ3) is 9.48. The van der Waals surface area contributed by atoms with Crippen LogP contribution in [0.15, 0.2) is 0 Å². The van der Waals surface area contributed by atoms with Gasteiger partial charge < -0.3 is 9.47 Å². The average Bonchev–Trinajstić information content (AvgIpc) is 2.94. The molecular weight excluding hydrogens is 480 g/mol. The number of Topliss-reactive ketones (excluding diaryl/α,β-unsaturated/α-hetero) is 2. The van der Waals surface area contributed by atoms with Crippen molar-refractivity contribution in [2.24, 2.45) is 35.5 Å². The van der Waals surface area contributed by atoms with Crippen LogP contribution in [-0.4, -0.2) is 36.7 Å². The average molecular weight is 531 g/mol. The second kappa shape index (κ2) is 15.2. The molecule has 4 rings (SSSR count). The van der Waals surface area contributed by atoms with Crippen molar-refractivity contribution < 1.29 is 28.7 Å². The normalized spacial score (nSPS) is 29.7. The fourth-order valence-corrected chi connectivity index (χ4v) is 7.62. The number of ether oxygens (including phenoxy) is 2. The minimum atomic E-state index is -0.148. The van der Waals surface area contributed by atoms with E-state index in [1.165, 1.54) is 25.7 Å². The predicted octanol–water partition coefficient (Wildman–Crippen LogP) is 6.76. The summed E-state index contributed by atoms with van der Waals surface area (Å²) in [6, 6.07) is 0. The van der Waals surface area contributed by atoms with E-state index in [-0.39, 0.29) is 11.9 Å². The van der Waals surface area contributed by atoms with Crippen LogP contribution < -0.4 is 0 Å². The van der Waals surface area contributed by atoms with Crippen LogP contribution >= 0.6 is 0 Å². The third-order valence-corrected chi connectivity index (χ3v) is 10.3. The van der Waals surface area contributed by atoms with Gasteiger partial charge >= 0.3 is 11.9 Å². The van der Waals surface area contributed by atoms with E-state index in [0.29, 0.717) is 62.3 Å². The molecule has 0 unspecified atom stereocenters. The minimum absolute atomic E-state index is 0.148. The van der Waals surface area contributed by atoms with Gasteiger partial charge in [-0.15, -0.1) is 0 Å². The van der Waals surface area contributed by atoms with Gasteiger partial charge in [-0.25, -0.2) is 0 Å². The Balaban J connectivity index is 0.974. The summed E-state index contributed by atoms with van der Waals surface area (Å²) in [6.45, 7) is 1.05. The summed E-state index contributed by atoms with van der Waals surface area (Å²) in [5.41, 5.74) is 0. The van der Waals surface area contributed by atoms with E-state index in [1.54, 1.807) is 0 Å². The summed E-state index contributed by atoms with van der Waals surface area (Å²) in [5, 5.41) is 0. The molecule has 0 spiro atoms. The third-order valence-electron chi connectivity index (χ3n) is 10.3. The van der Waals surface area contributed by atoms with E-state index in [1.807, 2.05) is 0 Å². The first kappa shape index (κ1) is 29.3. The Kier molecular flexibility index (Phi) is 11.7. The van der Waals surface area contributed by atoms with Crippen LogP contribution in [0, 0.1) is 35.5 Å². The van der Waals surface area contributed by atoms with E-state index in [9.17, 15) is 19.2 Å². The second-order valence-electron chi connectivity index (χ2n) is 12.9. The number of unbranched alkanes of at least 4 members (excludes halogenated alkanes) is 1. The maximum Gasteiger partial charge on any atom is 0.305 e. The molecule has 4 fully saturated rings. The van der Waals surface area contributed by atoms with E-state index in [2.05, 4.69) is 0 Å². The molecule has 0 N–H and O–H groups in total. The molecule has 0 atom stereocenters. The Bertz CT molecular complexity index is 704. The van der Waals surface area contributed by atoms with Crippen molar-refractivity contribution in [1.29, 1.82) is 0 Å². The van der Waals surface area contributed by atoms with E-state index < -0.39 is 0 Å². The van der Waals surface area contributed by atoms with Gasteiger partial charge in [0.1, 0.15) is 11.6 Å². The summed E-state index contributed by atoms with van der Waals surface area (Å²) < 4.78 is 11.1. The molecule has 4 saturated carbocycles. The molecule has 0 saturated heterocycles. The van der Waals surface area contributed by atoms with Gasteiger partial charge in [0.2, 0.25) is 0 Å². The molecule has 0 bridgehead atoms. The van der Waals surface area contributed by atoms with Crippen molar-refractivity contribution >= 4 is 23.5 Å². The fourth-order valence-electron chi connectivity index (χ4n) is 7.62. The van der Waals surface area contributed by atoms with Gasteiger partial charge in [0.05, 0.1) is 13.2 Å². The molecule has 4 aliphatic carbocycles. The maximum atomic E-state index is 12.2. The predicted molar refractivity (Wildman–Crippen MR) is 145 cm³/mol. The van der Waals surface area contributed by atoms with E-state index in [0.717, 1.165) is 101 Å². The van der Waals surface area contributed by atoms with Crippen molar-refractivity contribution in [1.82, 2.24) is 0 Å². The first-order chi connectivity index (χ1) is 18.5. The molecule has 6 heteroatoms. The van der Waals surface area contributed by atoms with Crippen molar-refractivity contribution in [2.45, 2.75) is 128 Å². The highest BCUT2D eigenvalue weighted by atomic mass is 16.5. The van der Waals surface area contributed by atoms with Crippen LogP contribution in [-0.2, 0) is 28.7 Å². The highest BCUT2D eigenvalue weighted by Gasteiger charge is 2.32. The largest absolute Gasteiger partial charge is 0.465 e. The highest BCUT2D eigenvalue weighted by molar-refractivity contribution is 5.79. The summed E-state index contributed by atoms with van der Waals surface area (Å²) >= 11 is 0. The first-order valence-corrected chi connectivity index (χ1v) is 15.8. The molecule has 0 radical (unpaired) electrons. The molecule has 0 aromatic carbocycles. The molecule has 0 aromatic heterocycles. The van der Waals surface area contributed by atoms with Crippen LogP contribution in [0.2, 0.25) is 0 Å². The summed E-state index contributed by atoms with van der Waals surface area (Å²) in [5.74, 6) is 4.45. The molecule has 0 aromatic rings. The molecule has 38 heavy (non-hydrogen) atoms. The van der Waals surface area contributed by atoms with Crippen molar-refractivity contribution in [3.05, 3.63) is 0 Å². The van der Waals surface area contributed by atoms with Gasteiger partial charge in [0, 0.05) is 38.5 Å². The Hall–Kier alpha value is -1.72. The molecule has 4 aliphatic rings. The Morgan fingerprint density at radius 2 is 0.816 bits per heavy atom. The van der Waals surface area contributed by atoms with Crippen LogP contribution in [0.3, 0.4) is 0 Å². The van der Waals surface area contributed by atoms with Crippen molar-refractivity contribution in [3.63, 3.8) is 0 Å². The lowest BCUT2D eigenvalue weighted by atomic mass is 9.71. The topological polar surface area (TPSA) is 86.7 Å². The first-order valence-electron chi connectivity index (χ1n) is 15.8. The molecule has 0 amide bonds. The second-order valence-corrected chi connectivity index (χ2v) is 12.9. The van der Waals surface area contributed by atoms with Crippen LogP contribution in [0.25, 0.3) is 0 Å². The van der Waals surface area contributed by atoms with Crippen LogP contribution in [0.4, 0.5) is 0 Å².